The van der Waals surface area contributed by atoms with Gasteiger partial charge in [0.15, 0.2) is 5.76 Å². The highest BCUT2D eigenvalue weighted by Gasteiger charge is 2.13. The van der Waals surface area contributed by atoms with Crippen molar-refractivity contribution in [3.63, 3.8) is 0 Å². The number of carbonyl (C=O) groups is 1. The van der Waals surface area contributed by atoms with Crippen molar-refractivity contribution < 1.29 is 14.3 Å². The van der Waals surface area contributed by atoms with Gasteiger partial charge in [-0.25, -0.2) is 0 Å². The second-order valence-corrected chi connectivity index (χ2v) is 4.50. The Morgan fingerprint density at radius 3 is 2.83 bits per heavy atom. The number of halogens is 1. The zero-order valence-electron chi connectivity index (χ0n) is 9.31. The predicted octanol–water partition coefficient (Wildman–Crippen LogP) is 2.46. The molecule has 2 rings (SSSR count). The van der Waals surface area contributed by atoms with Crippen LogP contribution >= 0.6 is 15.9 Å². The summed E-state index contributed by atoms with van der Waals surface area (Å²) in [4.78, 5) is 11.8. The van der Waals surface area contributed by atoms with Crippen molar-refractivity contribution in [2.24, 2.45) is 5.73 Å². The Bertz CT molecular complexity index is 580. The van der Waals surface area contributed by atoms with Gasteiger partial charge < -0.3 is 20.6 Å². The second-order valence-electron chi connectivity index (χ2n) is 3.59. The molecule has 0 aliphatic heterocycles. The Hall–Kier alpha value is -1.79. The standard InChI is InChI=1S/C12H11BrN2O3/c13-7-1-3-10(16)9(5-7)15-12(17)11-4-2-8(6-14)18-11/h1-5,16H,6,14H2,(H,15,17). The summed E-state index contributed by atoms with van der Waals surface area (Å²) in [7, 11) is 0. The number of phenols is 1. The van der Waals surface area contributed by atoms with Gasteiger partial charge in [0, 0.05) is 4.47 Å². The summed E-state index contributed by atoms with van der Waals surface area (Å²) in [6.45, 7) is 0.232. The van der Waals surface area contributed by atoms with Crippen LogP contribution < -0.4 is 11.1 Å². The van der Waals surface area contributed by atoms with Gasteiger partial charge in [-0.2, -0.15) is 0 Å². The lowest BCUT2D eigenvalue weighted by Crippen LogP contribution is -2.11. The Labute approximate surface area is 112 Å². The third-order valence-electron chi connectivity index (χ3n) is 2.29. The maximum absolute atomic E-state index is 11.8. The quantitative estimate of drug-likeness (QED) is 0.760. The van der Waals surface area contributed by atoms with Gasteiger partial charge >= 0.3 is 0 Å². The number of benzene rings is 1. The van der Waals surface area contributed by atoms with Gasteiger partial charge in [-0.05, 0) is 30.3 Å². The number of rotatable bonds is 3. The molecule has 1 heterocycles. The number of phenolic OH excluding ortho intramolecular Hbond substituents is 1. The number of anilines is 1. The van der Waals surface area contributed by atoms with E-state index in [1.807, 2.05) is 0 Å². The third kappa shape index (κ3) is 2.72. The molecule has 1 aromatic carbocycles. The van der Waals surface area contributed by atoms with Crippen molar-refractivity contribution in [2.45, 2.75) is 6.54 Å². The summed E-state index contributed by atoms with van der Waals surface area (Å²) in [5, 5.41) is 12.1. The number of nitrogens with two attached hydrogens (primary N) is 1. The molecule has 18 heavy (non-hydrogen) atoms. The molecule has 0 aliphatic carbocycles. The highest BCUT2D eigenvalue weighted by atomic mass is 79.9. The van der Waals surface area contributed by atoms with Crippen LogP contribution in [0, 0.1) is 0 Å². The van der Waals surface area contributed by atoms with E-state index in [0.717, 1.165) is 4.47 Å². The number of carbonyl (C=O) groups excluding carboxylic acids is 1. The van der Waals surface area contributed by atoms with Crippen LogP contribution in [0.2, 0.25) is 0 Å². The summed E-state index contributed by atoms with van der Waals surface area (Å²) in [5.41, 5.74) is 5.69. The average Bonchev–Trinajstić information content (AvgIpc) is 2.82. The number of aromatic hydroxyl groups is 1. The van der Waals surface area contributed by atoms with Gasteiger partial charge in [-0.1, -0.05) is 15.9 Å². The SMILES string of the molecule is NCc1ccc(C(=O)Nc2cc(Br)ccc2O)o1. The predicted molar refractivity (Wildman–Crippen MR) is 70.4 cm³/mol. The van der Waals surface area contributed by atoms with E-state index in [9.17, 15) is 9.90 Å². The van der Waals surface area contributed by atoms with E-state index in [4.69, 9.17) is 10.2 Å². The first-order valence-corrected chi connectivity index (χ1v) is 5.98. The minimum atomic E-state index is -0.442. The first-order valence-electron chi connectivity index (χ1n) is 5.19. The lowest BCUT2D eigenvalue weighted by molar-refractivity contribution is 0.0994. The van der Waals surface area contributed by atoms with Crippen LogP contribution in [0.15, 0.2) is 39.2 Å². The minimum Gasteiger partial charge on any atom is -0.506 e. The normalized spacial score (nSPS) is 10.3. The van der Waals surface area contributed by atoms with Crippen LogP contribution in [0.4, 0.5) is 5.69 Å². The number of amides is 1. The molecule has 0 fully saturated rings. The van der Waals surface area contributed by atoms with Gasteiger partial charge in [-0.15, -0.1) is 0 Å². The van der Waals surface area contributed by atoms with E-state index in [-0.39, 0.29) is 18.1 Å². The zero-order chi connectivity index (χ0) is 13.1. The fourth-order valence-corrected chi connectivity index (χ4v) is 1.76. The number of furan rings is 1. The van der Waals surface area contributed by atoms with E-state index in [0.29, 0.717) is 11.4 Å². The molecule has 0 spiro atoms. The molecule has 1 amide bonds. The van der Waals surface area contributed by atoms with E-state index < -0.39 is 5.91 Å². The fourth-order valence-electron chi connectivity index (χ4n) is 1.40. The first kappa shape index (κ1) is 12.7. The Kier molecular flexibility index (Phi) is 3.69. The summed E-state index contributed by atoms with van der Waals surface area (Å²) in [6.07, 6.45) is 0. The van der Waals surface area contributed by atoms with Gasteiger partial charge in [0.25, 0.3) is 5.91 Å². The minimum absolute atomic E-state index is 0.0165. The van der Waals surface area contributed by atoms with Crippen LogP contribution in [0.3, 0.4) is 0 Å². The molecule has 0 unspecified atom stereocenters. The van der Waals surface area contributed by atoms with Crippen molar-refractivity contribution in [1.82, 2.24) is 0 Å². The molecule has 4 N–H and O–H groups in total. The lowest BCUT2D eigenvalue weighted by atomic mass is 10.3. The topological polar surface area (TPSA) is 88.5 Å². The Balaban J connectivity index is 2.18. The Morgan fingerprint density at radius 1 is 1.39 bits per heavy atom. The molecule has 0 saturated carbocycles. The summed E-state index contributed by atoms with van der Waals surface area (Å²) < 4.78 is 5.95. The fraction of sp³-hybridized carbons (Fsp3) is 0.0833. The van der Waals surface area contributed by atoms with Gasteiger partial charge in [0.05, 0.1) is 12.2 Å². The highest BCUT2D eigenvalue weighted by Crippen LogP contribution is 2.27. The molecule has 1 aromatic heterocycles. The highest BCUT2D eigenvalue weighted by molar-refractivity contribution is 9.10. The molecule has 0 saturated heterocycles. The monoisotopic (exact) mass is 310 g/mol. The van der Waals surface area contributed by atoms with Gasteiger partial charge in [0.1, 0.15) is 11.5 Å². The molecule has 0 bridgehead atoms. The molecule has 6 heteroatoms. The smallest absolute Gasteiger partial charge is 0.291 e. The van der Waals surface area contributed by atoms with Crippen LogP contribution in [-0.2, 0) is 6.54 Å². The summed E-state index contributed by atoms with van der Waals surface area (Å²) in [6, 6.07) is 7.92. The van der Waals surface area contributed by atoms with E-state index in [1.165, 1.54) is 12.1 Å². The van der Waals surface area contributed by atoms with Crippen LogP contribution in [0.1, 0.15) is 16.3 Å². The van der Waals surface area contributed by atoms with Crippen molar-refractivity contribution in [1.29, 1.82) is 0 Å². The van der Waals surface area contributed by atoms with Crippen molar-refractivity contribution in [2.75, 3.05) is 5.32 Å². The molecule has 94 valence electrons. The van der Waals surface area contributed by atoms with Gasteiger partial charge in [-0.3, -0.25) is 4.79 Å². The number of hydrogen-bond donors (Lipinski definition) is 3. The second kappa shape index (κ2) is 5.24. The maximum Gasteiger partial charge on any atom is 0.291 e. The van der Waals surface area contributed by atoms with Crippen molar-refractivity contribution in [3.05, 3.63) is 46.3 Å². The van der Waals surface area contributed by atoms with Crippen LogP contribution in [0.25, 0.3) is 0 Å². The molecular weight excluding hydrogens is 300 g/mol. The van der Waals surface area contributed by atoms with Crippen molar-refractivity contribution >= 4 is 27.5 Å². The number of hydrogen-bond acceptors (Lipinski definition) is 4. The number of nitrogens with one attached hydrogen (secondary N) is 1. The largest absolute Gasteiger partial charge is 0.506 e. The summed E-state index contributed by atoms with van der Waals surface area (Å²) >= 11 is 3.26. The molecule has 2 aromatic rings. The van der Waals surface area contributed by atoms with Crippen molar-refractivity contribution in [3.8, 4) is 5.75 Å². The summed E-state index contributed by atoms with van der Waals surface area (Å²) in [5.74, 6) is 0.216. The van der Waals surface area contributed by atoms with E-state index in [2.05, 4.69) is 21.2 Å². The third-order valence-corrected chi connectivity index (χ3v) is 2.79. The molecule has 5 nitrogen and oxygen atoms in total. The lowest BCUT2D eigenvalue weighted by Gasteiger charge is -2.06. The van der Waals surface area contributed by atoms with Crippen LogP contribution in [-0.4, -0.2) is 11.0 Å². The molecule has 0 aliphatic rings. The van der Waals surface area contributed by atoms with E-state index in [1.54, 1.807) is 18.2 Å². The van der Waals surface area contributed by atoms with Crippen LogP contribution in [0.5, 0.6) is 5.75 Å². The molecule has 0 radical (unpaired) electrons. The Morgan fingerprint density at radius 2 is 2.17 bits per heavy atom. The van der Waals surface area contributed by atoms with Gasteiger partial charge in [0.2, 0.25) is 0 Å². The molecule has 0 atom stereocenters. The molecular formula is C12H11BrN2O3. The first-order chi connectivity index (χ1) is 8.60. The van der Waals surface area contributed by atoms with E-state index >= 15 is 0 Å². The maximum atomic E-state index is 11.8. The average molecular weight is 311 g/mol. The zero-order valence-corrected chi connectivity index (χ0v) is 10.9.